The summed E-state index contributed by atoms with van der Waals surface area (Å²) in [4.78, 5) is 37.2. The van der Waals surface area contributed by atoms with Crippen molar-refractivity contribution in [1.82, 2.24) is 9.38 Å². The number of hydrogen-bond donors (Lipinski definition) is 1. The van der Waals surface area contributed by atoms with Crippen molar-refractivity contribution >= 4 is 23.1 Å². The number of anilines is 1. The SMILES string of the molecule is COC(=O)CNc1nc2ccccn2c(=O)c1[N+](=O)[O-]. The van der Waals surface area contributed by atoms with Gasteiger partial charge in [-0.3, -0.25) is 24.1 Å². The number of hydrogen-bond acceptors (Lipinski definition) is 7. The normalized spacial score (nSPS) is 10.2. The minimum atomic E-state index is -0.839. The molecule has 0 aliphatic rings. The van der Waals surface area contributed by atoms with Gasteiger partial charge in [-0.1, -0.05) is 6.07 Å². The van der Waals surface area contributed by atoms with Crippen LogP contribution in [0.1, 0.15) is 0 Å². The van der Waals surface area contributed by atoms with E-state index in [-0.39, 0.29) is 18.0 Å². The van der Waals surface area contributed by atoms with Gasteiger partial charge >= 0.3 is 17.2 Å². The van der Waals surface area contributed by atoms with Gasteiger partial charge in [-0.15, -0.1) is 0 Å². The third-order valence-corrected chi connectivity index (χ3v) is 2.52. The van der Waals surface area contributed by atoms with Gasteiger partial charge in [-0.25, -0.2) is 4.98 Å². The molecule has 0 radical (unpaired) electrons. The van der Waals surface area contributed by atoms with E-state index in [2.05, 4.69) is 15.0 Å². The molecule has 2 aromatic rings. The number of carbonyl (C=O) groups excluding carboxylic acids is 1. The van der Waals surface area contributed by atoms with Gasteiger partial charge in [0, 0.05) is 6.20 Å². The van der Waals surface area contributed by atoms with Gasteiger partial charge in [0.15, 0.2) is 0 Å². The number of carbonyl (C=O) groups is 1. The Morgan fingerprint density at radius 1 is 1.55 bits per heavy atom. The van der Waals surface area contributed by atoms with Crippen molar-refractivity contribution in [1.29, 1.82) is 0 Å². The Balaban J connectivity index is 2.57. The third kappa shape index (κ3) is 2.41. The van der Waals surface area contributed by atoms with Crippen LogP contribution in [-0.2, 0) is 9.53 Å². The summed E-state index contributed by atoms with van der Waals surface area (Å²) < 4.78 is 5.46. The Kier molecular flexibility index (Phi) is 3.60. The van der Waals surface area contributed by atoms with Crippen molar-refractivity contribution in [2.75, 3.05) is 19.0 Å². The standard InChI is InChI=1S/C11H10N4O5/c1-20-8(16)6-12-10-9(15(18)19)11(17)14-5-3-2-4-7(14)13-10/h2-5,12H,6H2,1H3. The first-order valence-electron chi connectivity index (χ1n) is 5.51. The molecular weight excluding hydrogens is 268 g/mol. The monoisotopic (exact) mass is 278 g/mol. The Labute approximate surface area is 112 Å². The zero-order chi connectivity index (χ0) is 14.7. The van der Waals surface area contributed by atoms with E-state index in [1.54, 1.807) is 12.1 Å². The molecule has 0 unspecified atom stereocenters. The summed E-state index contributed by atoms with van der Waals surface area (Å²) in [6.07, 6.45) is 1.38. The Morgan fingerprint density at radius 3 is 2.95 bits per heavy atom. The van der Waals surface area contributed by atoms with Crippen molar-refractivity contribution in [3.8, 4) is 0 Å². The first-order chi connectivity index (χ1) is 9.54. The van der Waals surface area contributed by atoms with Crippen LogP contribution in [-0.4, -0.2) is 33.9 Å². The van der Waals surface area contributed by atoms with Crippen LogP contribution in [0.5, 0.6) is 0 Å². The summed E-state index contributed by atoms with van der Waals surface area (Å²) in [7, 11) is 1.18. The van der Waals surface area contributed by atoms with Gasteiger partial charge in [0.2, 0.25) is 5.82 Å². The van der Waals surface area contributed by atoms with Crippen molar-refractivity contribution in [2.45, 2.75) is 0 Å². The Morgan fingerprint density at radius 2 is 2.30 bits per heavy atom. The summed E-state index contributed by atoms with van der Waals surface area (Å²) in [5, 5.41) is 13.4. The van der Waals surface area contributed by atoms with Crippen molar-refractivity contribution in [2.24, 2.45) is 0 Å². The topological polar surface area (TPSA) is 116 Å². The summed E-state index contributed by atoms with van der Waals surface area (Å²) in [6, 6.07) is 4.72. The average molecular weight is 278 g/mol. The van der Waals surface area contributed by atoms with Crippen LogP contribution < -0.4 is 10.9 Å². The number of ether oxygens (including phenoxy) is 1. The van der Waals surface area contributed by atoms with Gasteiger partial charge in [0.25, 0.3) is 0 Å². The highest BCUT2D eigenvalue weighted by Crippen LogP contribution is 2.17. The second-order valence-electron chi connectivity index (χ2n) is 3.73. The quantitative estimate of drug-likeness (QED) is 0.482. The minimum Gasteiger partial charge on any atom is -0.468 e. The first-order valence-corrected chi connectivity index (χ1v) is 5.51. The molecule has 0 bridgehead atoms. The number of nitro groups is 1. The van der Waals surface area contributed by atoms with E-state index in [0.717, 1.165) is 4.40 Å². The fourth-order valence-electron chi connectivity index (χ4n) is 1.60. The summed E-state index contributed by atoms with van der Waals surface area (Å²) in [5.41, 5.74) is -1.32. The highest BCUT2D eigenvalue weighted by atomic mass is 16.6. The molecule has 9 nitrogen and oxygen atoms in total. The lowest BCUT2D eigenvalue weighted by Crippen LogP contribution is -2.23. The number of methoxy groups -OCH3 is 1. The maximum Gasteiger partial charge on any atom is 0.376 e. The van der Waals surface area contributed by atoms with Crippen LogP contribution in [0.4, 0.5) is 11.5 Å². The molecule has 0 amide bonds. The number of rotatable bonds is 4. The van der Waals surface area contributed by atoms with Crippen LogP contribution in [0.15, 0.2) is 29.2 Å². The lowest BCUT2D eigenvalue weighted by molar-refractivity contribution is -0.385. The van der Waals surface area contributed by atoms with Crippen molar-refractivity contribution < 1.29 is 14.5 Å². The molecular formula is C11H10N4O5. The van der Waals surface area contributed by atoms with E-state index >= 15 is 0 Å². The van der Waals surface area contributed by atoms with Gasteiger partial charge in [0.05, 0.1) is 12.0 Å². The predicted molar refractivity (Wildman–Crippen MR) is 68.6 cm³/mol. The summed E-state index contributed by atoms with van der Waals surface area (Å²) in [5.74, 6) is -0.897. The molecule has 0 atom stereocenters. The molecule has 2 heterocycles. The molecule has 0 aliphatic carbocycles. The number of nitrogens with one attached hydrogen (secondary N) is 1. The van der Waals surface area contributed by atoms with E-state index in [0.29, 0.717) is 0 Å². The molecule has 1 N–H and O–H groups in total. The zero-order valence-corrected chi connectivity index (χ0v) is 10.4. The van der Waals surface area contributed by atoms with Gasteiger partial charge in [-0.2, -0.15) is 0 Å². The lowest BCUT2D eigenvalue weighted by atomic mass is 10.4. The molecule has 20 heavy (non-hydrogen) atoms. The number of pyridine rings is 1. The maximum atomic E-state index is 12.0. The first kappa shape index (κ1) is 13.5. The number of esters is 1. The summed E-state index contributed by atoms with van der Waals surface area (Å²) in [6.45, 7) is -0.327. The fourth-order valence-corrected chi connectivity index (χ4v) is 1.60. The molecule has 0 spiro atoms. The number of nitrogens with zero attached hydrogens (tertiary/aromatic N) is 3. The summed E-state index contributed by atoms with van der Waals surface area (Å²) >= 11 is 0. The third-order valence-electron chi connectivity index (χ3n) is 2.52. The van der Waals surface area contributed by atoms with Crippen LogP contribution in [0.3, 0.4) is 0 Å². The van der Waals surface area contributed by atoms with E-state index in [1.165, 1.54) is 19.4 Å². The van der Waals surface area contributed by atoms with E-state index < -0.39 is 22.1 Å². The molecule has 0 aliphatic heterocycles. The zero-order valence-electron chi connectivity index (χ0n) is 10.4. The largest absolute Gasteiger partial charge is 0.468 e. The average Bonchev–Trinajstić information content (AvgIpc) is 2.44. The predicted octanol–water partition coefficient (Wildman–Crippen LogP) is 0.188. The van der Waals surface area contributed by atoms with Crippen LogP contribution in [0, 0.1) is 10.1 Å². The van der Waals surface area contributed by atoms with Crippen LogP contribution in [0.2, 0.25) is 0 Å². The Hall–Kier alpha value is -2.97. The van der Waals surface area contributed by atoms with E-state index in [1.807, 2.05) is 0 Å². The van der Waals surface area contributed by atoms with Gasteiger partial charge in [0.1, 0.15) is 12.2 Å². The highest BCUT2D eigenvalue weighted by Gasteiger charge is 2.23. The Bertz CT molecular complexity index is 739. The molecule has 2 rings (SSSR count). The van der Waals surface area contributed by atoms with Gasteiger partial charge < -0.3 is 10.1 Å². The lowest BCUT2D eigenvalue weighted by Gasteiger charge is -2.06. The smallest absolute Gasteiger partial charge is 0.376 e. The molecule has 9 heteroatoms. The molecule has 0 saturated carbocycles. The molecule has 104 valence electrons. The van der Waals surface area contributed by atoms with Crippen molar-refractivity contribution in [3.63, 3.8) is 0 Å². The van der Waals surface area contributed by atoms with E-state index in [4.69, 9.17) is 0 Å². The second kappa shape index (κ2) is 5.34. The van der Waals surface area contributed by atoms with Crippen LogP contribution >= 0.6 is 0 Å². The molecule has 0 aromatic carbocycles. The van der Waals surface area contributed by atoms with Crippen molar-refractivity contribution in [3.05, 3.63) is 44.9 Å². The molecule has 2 aromatic heterocycles. The maximum absolute atomic E-state index is 12.0. The van der Waals surface area contributed by atoms with Gasteiger partial charge in [-0.05, 0) is 12.1 Å². The second-order valence-corrected chi connectivity index (χ2v) is 3.73. The minimum absolute atomic E-state index is 0.232. The highest BCUT2D eigenvalue weighted by molar-refractivity contribution is 5.75. The number of aromatic nitrogens is 2. The van der Waals surface area contributed by atoms with E-state index in [9.17, 15) is 19.7 Å². The number of fused-ring (bicyclic) bond motifs is 1. The molecule has 0 fully saturated rings. The molecule has 0 saturated heterocycles. The fraction of sp³-hybridized carbons (Fsp3) is 0.182. The van der Waals surface area contributed by atoms with Crippen LogP contribution in [0.25, 0.3) is 5.65 Å².